The minimum absolute atomic E-state index is 0.224. The molecule has 0 fully saturated rings. The standard InChI is InChI=1S/C16H13N9O2P2/c26-28(13-1-17-9-18-2-13,14-3-19-10-20-4-14)25-29(27,15-5-21-11-22-6-15)16-7-23-12-24-8-16/h1-12,26H. The molecular formula is C16H13N9O2P2. The average Bonchev–Trinajstić information content (AvgIpc) is 2.81. The largest absolute Gasteiger partial charge is 0.352 e. The first-order chi connectivity index (χ1) is 14.1. The fraction of sp³-hybridized carbons (Fsp3) is 0. The molecule has 13 heteroatoms. The summed E-state index contributed by atoms with van der Waals surface area (Å²) in [5, 5.41) is 1.04. The van der Waals surface area contributed by atoms with Crippen molar-refractivity contribution in [1.82, 2.24) is 39.9 Å². The maximum atomic E-state index is 14.2. The second-order valence-electron chi connectivity index (χ2n) is 5.65. The van der Waals surface area contributed by atoms with Gasteiger partial charge in [-0.25, -0.2) is 44.4 Å². The SMILES string of the molecule is O=P(N=P(O)(c1cncnc1)c1cncnc1)(c1cncnc1)c1cncnc1. The first-order valence-electron chi connectivity index (χ1n) is 8.12. The van der Waals surface area contributed by atoms with Crippen molar-refractivity contribution in [2.75, 3.05) is 0 Å². The molecule has 0 aliphatic rings. The molecule has 0 atom stereocenters. The van der Waals surface area contributed by atoms with Gasteiger partial charge in [-0.2, -0.15) is 0 Å². The molecule has 0 bridgehead atoms. The summed E-state index contributed by atoms with van der Waals surface area (Å²) in [6, 6.07) is 0. The van der Waals surface area contributed by atoms with E-state index in [1.165, 1.54) is 74.9 Å². The quantitative estimate of drug-likeness (QED) is 0.427. The third-order valence-corrected chi connectivity index (χ3v) is 9.67. The Labute approximate surface area is 165 Å². The molecular weight excluding hydrogens is 412 g/mol. The second kappa shape index (κ2) is 8.00. The van der Waals surface area contributed by atoms with E-state index < -0.39 is 14.6 Å². The Morgan fingerprint density at radius 2 is 0.828 bits per heavy atom. The van der Waals surface area contributed by atoms with Gasteiger partial charge in [-0.15, -0.1) is 0 Å². The molecule has 144 valence electrons. The van der Waals surface area contributed by atoms with Crippen molar-refractivity contribution in [1.29, 1.82) is 0 Å². The molecule has 0 aromatic carbocycles. The van der Waals surface area contributed by atoms with Crippen molar-refractivity contribution in [2.24, 2.45) is 4.52 Å². The van der Waals surface area contributed by atoms with Crippen LogP contribution in [0, 0.1) is 0 Å². The van der Waals surface area contributed by atoms with Gasteiger partial charge in [-0.3, -0.25) is 4.57 Å². The van der Waals surface area contributed by atoms with E-state index in [9.17, 15) is 9.46 Å². The third kappa shape index (κ3) is 3.71. The molecule has 29 heavy (non-hydrogen) atoms. The molecule has 0 radical (unpaired) electrons. The van der Waals surface area contributed by atoms with E-state index in [0.717, 1.165) is 0 Å². The van der Waals surface area contributed by atoms with Crippen molar-refractivity contribution in [2.45, 2.75) is 0 Å². The molecule has 4 heterocycles. The lowest BCUT2D eigenvalue weighted by Crippen LogP contribution is -2.21. The molecule has 1 N–H and O–H groups in total. The number of rotatable bonds is 5. The fourth-order valence-electron chi connectivity index (χ4n) is 2.49. The molecule has 4 aromatic heterocycles. The molecule has 4 rings (SSSR count). The fourth-order valence-corrected chi connectivity index (χ4v) is 8.00. The highest BCUT2D eigenvalue weighted by Crippen LogP contribution is 2.57. The summed E-state index contributed by atoms with van der Waals surface area (Å²) in [6.07, 6.45) is 16.5. The Hall–Kier alpha value is -3.26. The van der Waals surface area contributed by atoms with Crippen molar-refractivity contribution in [3.8, 4) is 0 Å². The number of hydrogen-bond donors (Lipinski definition) is 1. The molecule has 4 aromatic rings. The van der Waals surface area contributed by atoms with Crippen molar-refractivity contribution in [3.63, 3.8) is 0 Å². The molecule has 0 saturated heterocycles. The summed E-state index contributed by atoms with van der Waals surface area (Å²) in [5.74, 6) is 0. The maximum Gasteiger partial charge on any atom is 0.254 e. The van der Waals surface area contributed by atoms with Gasteiger partial charge in [0.15, 0.2) is 7.28 Å². The Morgan fingerprint density at radius 1 is 0.552 bits per heavy atom. The van der Waals surface area contributed by atoms with Crippen LogP contribution < -0.4 is 21.2 Å². The Balaban J connectivity index is 2.06. The monoisotopic (exact) mass is 425 g/mol. The summed E-state index contributed by atoms with van der Waals surface area (Å²) in [7, 11) is -7.44. The second-order valence-corrected chi connectivity index (χ2v) is 10.8. The van der Waals surface area contributed by atoms with Crippen LogP contribution in [0.4, 0.5) is 0 Å². The summed E-state index contributed by atoms with van der Waals surface area (Å²) >= 11 is 0. The average molecular weight is 425 g/mol. The first-order valence-corrected chi connectivity index (χ1v) is 11.5. The van der Waals surface area contributed by atoms with Gasteiger partial charge >= 0.3 is 0 Å². The molecule has 0 aliphatic heterocycles. The zero-order valence-electron chi connectivity index (χ0n) is 14.7. The number of nitrogens with zero attached hydrogens (tertiary/aromatic N) is 9. The van der Waals surface area contributed by atoms with E-state index in [4.69, 9.17) is 0 Å². The Kier molecular flexibility index (Phi) is 5.26. The first kappa shape index (κ1) is 19.1. The van der Waals surface area contributed by atoms with Gasteiger partial charge in [0, 0.05) is 49.6 Å². The number of aromatic nitrogens is 8. The highest BCUT2D eigenvalue weighted by atomic mass is 31.2. The minimum atomic E-state index is -3.81. The van der Waals surface area contributed by atoms with Crippen LogP contribution in [0.5, 0.6) is 0 Å². The van der Waals surface area contributed by atoms with Crippen LogP contribution in [0.1, 0.15) is 0 Å². The van der Waals surface area contributed by atoms with Crippen molar-refractivity contribution in [3.05, 3.63) is 74.9 Å². The van der Waals surface area contributed by atoms with Gasteiger partial charge in [-0.05, 0) is 0 Å². The normalized spacial score (nSPS) is 11.8. The van der Waals surface area contributed by atoms with Crippen LogP contribution in [0.3, 0.4) is 0 Å². The Bertz CT molecular complexity index is 1110. The van der Waals surface area contributed by atoms with Gasteiger partial charge in [0.2, 0.25) is 0 Å². The van der Waals surface area contributed by atoms with E-state index >= 15 is 0 Å². The smallest absolute Gasteiger partial charge is 0.254 e. The van der Waals surface area contributed by atoms with E-state index in [-0.39, 0.29) is 10.6 Å². The van der Waals surface area contributed by atoms with Gasteiger partial charge < -0.3 is 4.89 Å². The highest BCUT2D eigenvalue weighted by molar-refractivity contribution is 7.87. The summed E-state index contributed by atoms with van der Waals surface area (Å²) < 4.78 is 18.8. The van der Waals surface area contributed by atoms with Crippen LogP contribution >= 0.6 is 14.6 Å². The van der Waals surface area contributed by atoms with Crippen LogP contribution in [0.25, 0.3) is 0 Å². The molecule has 0 spiro atoms. The van der Waals surface area contributed by atoms with Gasteiger partial charge in [0.25, 0.3) is 7.29 Å². The minimum Gasteiger partial charge on any atom is -0.352 e. The maximum absolute atomic E-state index is 14.2. The topological polar surface area (TPSA) is 153 Å². The number of hydrogen-bond acceptors (Lipinski definition) is 9. The van der Waals surface area contributed by atoms with Crippen molar-refractivity contribution < 1.29 is 9.46 Å². The molecule has 0 unspecified atom stereocenters. The molecule has 0 aliphatic carbocycles. The zero-order valence-corrected chi connectivity index (χ0v) is 16.5. The van der Waals surface area contributed by atoms with Crippen molar-refractivity contribution >= 4 is 35.8 Å². The summed E-state index contributed by atoms with van der Waals surface area (Å²) in [6.45, 7) is 0. The van der Waals surface area contributed by atoms with Crippen LogP contribution in [-0.2, 0) is 4.57 Å². The highest BCUT2D eigenvalue weighted by Gasteiger charge is 2.35. The summed E-state index contributed by atoms with van der Waals surface area (Å²) in [4.78, 5) is 43.4. The van der Waals surface area contributed by atoms with Gasteiger partial charge in [0.1, 0.15) is 25.3 Å². The lowest BCUT2D eigenvalue weighted by atomic mass is 10.7. The van der Waals surface area contributed by atoms with Crippen LogP contribution in [-0.4, -0.2) is 44.8 Å². The Morgan fingerprint density at radius 3 is 1.14 bits per heavy atom. The summed E-state index contributed by atoms with van der Waals surface area (Å²) in [5.41, 5.74) is 0. The lowest BCUT2D eigenvalue weighted by molar-refractivity contribution is 0.586. The van der Waals surface area contributed by atoms with Crippen LogP contribution in [0.2, 0.25) is 0 Å². The van der Waals surface area contributed by atoms with Crippen LogP contribution in [0.15, 0.2) is 79.4 Å². The van der Waals surface area contributed by atoms with Gasteiger partial charge in [-0.1, -0.05) is 0 Å². The van der Waals surface area contributed by atoms with E-state index in [2.05, 4.69) is 44.4 Å². The molecule has 0 saturated carbocycles. The van der Waals surface area contributed by atoms with E-state index in [0.29, 0.717) is 10.6 Å². The molecule has 0 amide bonds. The van der Waals surface area contributed by atoms with E-state index in [1.54, 1.807) is 0 Å². The third-order valence-electron chi connectivity index (χ3n) is 3.86. The zero-order chi connectivity index (χ0) is 20.2. The predicted molar refractivity (Wildman–Crippen MR) is 106 cm³/mol. The molecule has 11 nitrogen and oxygen atoms in total. The lowest BCUT2D eigenvalue weighted by Gasteiger charge is -2.22. The predicted octanol–water partition coefficient (Wildman–Crippen LogP) is -0.165. The van der Waals surface area contributed by atoms with Gasteiger partial charge in [0.05, 0.1) is 21.2 Å². The van der Waals surface area contributed by atoms with E-state index in [1.807, 2.05) is 0 Å².